The van der Waals surface area contributed by atoms with E-state index >= 15 is 0 Å². The highest BCUT2D eigenvalue weighted by molar-refractivity contribution is 5.66. The molecule has 0 radical (unpaired) electrons. The first-order valence-electron chi connectivity index (χ1n) is 7.09. The van der Waals surface area contributed by atoms with E-state index in [1.165, 1.54) is 30.4 Å². The van der Waals surface area contributed by atoms with Crippen LogP contribution < -0.4 is 0 Å². The van der Waals surface area contributed by atoms with Crippen LogP contribution in [0.4, 0.5) is 0 Å². The number of carbonyl (C=O) groups excluding carboxylic acids is 1. The third kappa shape index (κ3) is 11.7. The summed E-state index contributed by atoms with van der Waals surface area (Å²) in [5, 5.41) is 10.1. The van der Waals surface area contributed by atoms with Gasteiger partial charge in [-0.1, -0.05) is 23.3 Å². The van der Waals surface area contributed by atoms with Crippen LogP contribution in [0.3, 0.4) is 0 Å². The molecule has 1 atom stereocenters. The summed E-state index contributed by atoms with van der Waals surface area (Å²) in [6.45, 7) is 9.36. The number of hydrogen-bond donors (Lipinski definition) is 1. The Kier molecular flexibility index (Phi) is 8.89. The van der Waals surface area contributed by atoms with Gasteiger partial charge in [-0.15, -0.1) is 0 Å². The van der Waals surface area contributed by atoms with E-state index in [0.29, 0.717) is 6.42 Å². The van der Waals surface area contributed by atoms with E-state index in [4.69, 9.17) is 0 Å². The molecule has 0 saturated carbocycles. The van der Waals surface area contributed by atoms with Crippen molar-refractivity contribution in [1.82, 2.24) is 0 Å². The maximum Gasteiger partial charge on any atom is 0.307 e. The quantitative estimate of drug-likeness (QED) is 0.410. The number of aliphatic hydroxyl groups is 1. The van der Waals surface area contributed by atoms with Crippen LogP contribution >= 0.6 is 0 Å². The highest BCUT2D eigenvalue weighted by atomic mass is 16.5. The lowest BCUT2D eigenvalue weighted by molar-refractivity contribution is -0.135. The SMILES string of the molecule is CC(=O)OC=CC(C)(O)CCC=C(C)CCC=C(C)C. The molecule has 0 aliphatic carbocycles. The zero-order valence-electron chi connectivity index (χ0n) is 13.4. The summed E-state index contributed by atoms with van der Waals surface area (Å²) in [5.74, 6) is -0.382. The topological polar surface area (TPSA) is 46.5 Å². The molecule has 0 saturated heterocycles. The van der Waals surface area contributed by atoms with Crippen molar-refractivity contribution in [2.24, 2.45) is 0 Å². The number of rotatable bonds is 8. The lowest BCUT2D eigenvalue weighted by Crippen LogP contribution is -2.20. The van der Waals surface area contributed by atoms with Gasteiger partial charge in [0.15, 0.2) is 0 Å². The van der Waals surface area contributed by atoms with Crippen LogP contribution in [0, 0.1) is 0 Å². The predicted octanol–water partition coefficient (Wildman–Crippen LogP) is 4.29. The van der Waals surface area contributed by atoms with Gasteiger partial charge in [-0.2, -0.15) is 0 Å². The van der Waals surface area contributed by atoms with Crippen molar-refractivity contribution in [3.05, 3.63) is 35.6 Å². The second kappa shape index (κ2) is 9.54. The molecule has 3 heteroatoms. The van der Waals surface area contributed by atoms with Crippen molar-refractivity contribution in [3.63, 3.8) is 0 Å². The predicted molar refractivity (Wildman–Crippen MR) is 83.2 cm³/mol. The highest BCUT2D eigenvalue weighted by Gasteiger charge is 2.15. The van der Waals surface area contributed by atoms with Crippen LogP contribution in [0.1, 0.15) is 60.3 Å². The molecule has 0 aromatic rings. The number of carbonyl (C=O) groups is 1. The molecule has 1 N–H and O–H groups in total. The molecule has 0 spiro atoms. The Labute approximate surface area is 123 Å². The van der Waals surface area contributed by atoms with Crippen molar-refractivity contribution >= 4 is 5.97 Å². The average molecular weight is 280 g/mol. The number of esters is 1. The second-order valence-electron chi connectivity index (χ2n) is 5.68. The summed E-state index contributed by atoms with van der Waals surface area (Å²) >= 11 is 0. The molecule has 20 heavy (non-hydrogen) atoms. The van der Waals surface area contributed by atoms with E-state index in [9.17, 15) is 9.90 Å². The molecule has 0 aliphatic heterocycles. The fraction of sp³-hybridized carbons (Fsp3) is 0.588. The van der Waals surface area contributed by atoms with Gasteiger partial charge in [0, 0.05) is 6.92 Å². The van der Waals surface area contributed by atoms with E-state index in [0.717, 1.165) is 19.3 Å². The van der Waals surface area contributed by atoms with E-state index in [2.05, 4.69) is 37.7 Å². The summed E-state index contributed by atoms with van der Waals surface area (Å²) in [4.78, 5) is 10.6. The summed E-state index contributed by atoms with van der Waals surface area (Å²) in [7, 11) is 0. The first-order chi connectivity index (χ1) is 9.23. The maximum atomic E-state index is 10.6. The van der Waals surface area contributed by atoms with Gasteiger partial charge >= 0.3 is 5.97 Å². The molecule has 3 nitrogen and oxygen atoms in total. The van der Waals surface area contributed by atoms with E-state index < -0.39 is 5.60 Å². The fourth-order valence-corrected chi connectivity index (χ4v) is 1.66. The molecule has 0 heterocycles. The maximum absolute atomic E-state index is 10.6. The minimum Gasteiger partial charge on any atom is -0.435 e. The molecule has 0 aliphatic rings. The summed E-state index contributed by atoms with van der Waals surface area (Å²) < 4.78 is 4.68. The van der Waals surface area contributed by atoms with Crippen molar-refractivity contribution < 1.29 is 14.6 Å². The van der Waals surface area contributed by atoms with Crippen LogP contribution in [-0.4, -0.2) is 16.7 Å². The van der Waals surface area contributed by atoms with Gasteiger partial charge in [0.25, 0.3) is 0 Å². The van der Waals surface area contributed by atoms with E-state index in [1.54, 1.807) is 6.92 Å². The molecule has 114 valence electrons. The van der Waals surface area contributed by atoms with Gasteiger partial charge < -0.3 is 9.84 Å². The minimum absolute atomic E-state index is 0.382. The molecule has 0 rings (SSSR count). The van der Waals surface area contributed by atoms with Gasteiger partial charge in [0.1, 0.15) is 0 Å². The van der Waals surface area contributed by atoms with Gasteiger partial charge in [0.05, 0.1) is 11.9 Å². The Bertz CT molecular complexity index is 383. The average Bonchev–Trinajstić information content (AvgIpc) is 2.27. The van der Waals surface area contributed by atoms with Crippen LogP contribution in [-0.2, 0) is 9.53 Å². The molecule has 1 unspecified atom stereocenters. The van der Waals surface area contributed by atoms with Crippen molar-refractivity contribution in [3.8, 4) is 0 Å². The molecule has 0 aromatic carbocycles. The van der Waals surface area contributed by atoms with Crippen LogP contribution in [0.2, 0.25) is 0 Å². The van der Waals surface area contributed by atoms with E-state index in [1.807, 2.05) is 0 Å². The third-order valence-electron chi connectivity index (χ3n) is 2.90. The molecule has 0 aromatic heterocycles. The lowest BCUT2D eigenvalue weighted by Gasteiger charge is -2.17. The number of hydrogen-bond acceptors (Lipinski definition) is 3. The number of allylic oxidation sites excluding steroid dienone is 4. The van der Waals surface area contributed by atoms with E-state index in [-0.39, 0.29) is 5.97 Å². The van der Waals surface area contributed by atoms with Gasteiger partial charge in [-0.3, -0.25) is 4.79 Å². The first-order valence-corrected chi connectivity index (χ1v) is 7.09. The number of ether oxygens (including phenoxy) is 1. The van der Waals surface area contributed by atoms with Crippen LogP contribution in [0.5, 0.6) is 0 Å². The largest absolute Gasteiger partial charge is 0.435 e. The van der Waals surface area contributed by atoms with Gasteiger partial charge in [-0.05, 0) is 59.5 Å². The van der Waals surface area contributed by atoms with Gasteiger partial charge in [-0.25, -0.2) is 0 Å². The zero-order valence-corrected chi connectivity index (χ0v) is 13.4. The molecule has 0 amide bonds. The molecular formula is C17H28O3. The normalized spacial score (nSPS) is 15.0. The monoisotopic (exact) mass is 280 g/mol. The van der Waals surface area contributed by atoms with Crippen molar-refractivity contribution in [2.75, 3.05) is 0 Å². The Hall–Kier alpha value is -1.35. The Morgan fingerprint density at radius 3 is 2.35 bits per heavy atom. The molecular weight excluding hydrogens is 252 g/mol. The summed E-state index contributed by atoms with van der Waals surface area (Å²) in [6, 6.07) is 0. The Morgan fingerprint density at radius 1 is 1.15 bits per heavy atom. The van der Waals surface area contributed by atoms with Crippen LogP contribution in [0.25, 0.3) is 0 Å². The molecule has 0 fully saturated rings. The lowest BCUT2D eigenvalue weighted by atomic mass is 9.99. The Balaban J connectivity index is 4.09. The Morgan fingerprint density at radius 2 is 1.80 bits per heavy atom. The standard InChI is InChI=1S/C17H28O3/c1-14(2)8-6-9-15(3)10-7-11-17(5,19)12-13-20-16(4)18/h8,10,12-13,19H,6-7,9,11H2,1-5H3. The van der Waals surface area contributed by atoms with Crippen LogP contribution in [0.15, 0.2) is 35.6 Å². The first kappa shape index (κ1) is 18.7. The fourth-order valence-electron chi connectivity index (χ4n) is 1.66. The minimum atomic E-state index is -0.952. The molecule has 0 bridgehead atoms. The second-order valence-corrected chi connectivity index (χ2v) is 5.68. The smallest absolute Gasteiger partial charge is 0.307 e. The highest BCUT2D eigenvalue weighted by Crippen LogP contribution is 2.16. The third-order valence-corrected chi connectivity index (χ3v) is 2.90. The summed E-state index contributed by atoms with van der Waals surface area (Å²) in [6.07, 6.45) is 10.7. The van der Waals surface area contributed by atoms with Crippen molar-refractivity contribution in [2.45, 2.75) is 65.9 Å². The van der Waals surface area contributed by atoms with Gasteiger partial charge in [0.2, 0.25) is 0 Å². The summed E-state index contributed by atoms with van der Waals surface area (Å²) in [5.41, 5.74) is 1.73. The van der Waals surface area contributed by atoms with Crippen molar-refractivity contribution in [1.29, 1.82) is 0 Å². The zero-order chi connectivity index (χ0) is 15.6.